The molecule has 3 aromatic carbocycles. The number of piperidine rings is 1. The number of rotatable bonds is 6. The van der Waals surface area contributed by atoms with Crippen molar-refractivity contribution in [3.63, 3.8) is 0 Å². The standard InChI is InChI=1S/C26H25N5O5S/c1-29-23-10-6-5-9-21(23)25(26(29)32)28-27-22-12-11-20(31(33)34)17-24(22)37(35,36)30-15-13-19(14-16-30)18-7-3-2-4-8-18/h2-12,17,19,32H,13-16H2,1H3. The second-order valence-corrected chi connectivity index (χ2v) is 10.9. The van der Waals surface area contributed by atoms with Gasteiger partial charge in [0.1, 0.15) is 10.6 Å². The molecule has 0 aliphatic carbocycles. The molecule has 0 spiro atoms. The summed E-state index contributed by atoms with van der Waals surface area (Å²) in [6.45, 7) is 0.566. The Morgan fingerprint density at radius 1 is 0.973 bits per heavy atom. The van der Waals surface area contributed by atoms with Crippen molar-refractivity contribution in [2.45, 2.75) is 23.7 Å². The van der Waals surface area contributed by atoms with Crippen molar-refractivity contribution in [2.75, 3.05) is 13.1 Å². The number of benzene rings is 3. The fourth-order valence-corrected chi connectivity index (χ4v) is 6.37. The molecule has 5 rings (SSSR count). The molecule has 1 fully saturated rings. The van der Waals surface area contributed by atoms with E-state index in [1.54, 1.807) is 23.7 Å². The Balaban J connectivity index is 1.49. The molecule has 2 heterocycles. The molecule has 1 aliphatic heterocycles. The normalized spacial score (nSPS) is 15.5. The number of azo groups is 1. The zero-order valence-electron chi connectivity index (χ0n) is 20.1. The number of aryl methyl sites for hydroxylation is 1. The topological polar surface area (TPSA) is 130 Å². The van der Waals surface area contributed by atoms with Gasteiger partial charge in [-0.1, -0.05) is 48.5 Å². The predicted molar refractivity (Wildman–Crippen MR) is 139 cm³/mol. The van der Waals surface area contributed by atoms with E-state index in [4.69, 9.17) is 0 Å². The molecule has 1 aromatic heterocycles. The van der Waals surface area contributed by atoms with E-state index in [-0.39, 0.29) is 46.8 Å². The van der Waals surface area contributed by atoms with Gasteiger partial charge in [-0.15, -0.1) is 10.2 Å². The summed E-state index contributed by atoms with van der Waals surface area (Å²) in [5, 5.41) is 31.0. The molecule has 37 heavy (non-hydrogen) atoms. The maximum Gasteiger partial charge on any atom is 0.270 e. The number of non-ortho nitro benzene ring substituents is 1. The molecule has 0 amide bonds. The van der Waals surface area contributed by atoms with Crippen molar-refractivity contribution in [2.24, 2.45) is 17.3 Å². The Hall–Kier alpha value is -4.09. The van der Waals surface area contributed by atoms with E-state index >= 15 is 0 Å². The highest BCUT2D eigenvalue weighted by Crippen LogP contribution is 2.40. The van der Waals surface area contributed by atoms with E-state index in [1.807, 2.05) is 42.5 Å². The van der Waals surface area contributed by atoms with Gasteiger partial charge in [-0.2, -0.15) is 4.31 Å². The van der Waals surface area contributed by atoms with Gasteiger partial charge < -0.3 is 9.67 Å². The van der Waals surface area contributed by atoms with Crippen molar-refractivity contribution in [1.82, 2.24) is 8.87 Å². The van der Waals surface area contributed by atoms with Gasteiger partial charge in [0, 0.05) is 37.7 Å². The zero-order chi connectivity index (χ0) is 26.2. The Bertz CT molecular complexity index is 1610. The number of aromatic hydroxyl groups is 1. The van der Waals surface area contributed by atoms with Crippen LogP contribution in [0.2, 0.25) is 0 Å². The monoisotopic (exact) mass is 519 g/mol. The fraction of sp³-hybridized carbons (Fsp3) is 0.231. The van der Waals surface area contributed by atoms with Crippen LogP contribution in [-0.2, 0) is 17.1 Å². The highest BCUT2D eigenvalue weighted by molar-refractivity contribution is 7.89. The van der Waals surface area contributed by atoms with Gasteiger partial charge in [-0.3, -0.25) is 10.1 Å². The first kappa shape index (κ1) is 24.6. The molecule has 1 aliphatic rings. The molecule has 1 saturated heterocycles. The van der Waals surface area contributed by atoms with Gasteiger partial charge in [0.2, 0.25) is 15.9 Å². The van der Waals surface area contributed by atoms with Crippen molar-refractivity contribution in [3.05, 3.63) is 88.5 Å². The molecule has 0 unspecified atom stereocenters. The molecule has 0 radical (unpaired) electrons. The maximum absolute atomic E-state index is 13.7. The van der Waals surface area contributed by atoms with Crippen molar-refractivity contribution in [1.29, 1.82) is 0 Å². The smallest absolute Gasteiger partial charge is 0.270 e. The lowest BCUT2D eigenvalue weighted by atomic mass is 9.90. The molecule has 10 nitrogen and oxygen atoms in total. The molecular weight excluding hydrogens is 494 g/mol. The second kappa shape index (κ2) is 9.75. The van der Waals surface area contributed by atoms with Gasteiger partial charge in [-0.05, 0) is 36.5 Å². The average molecular weight is 520 g/mol. The van der Waals surface area contributed by atoms with Gasteiger partial charge in [-0.25, -0.2) is 8.42 Å². The van der Waals surface area contributed by atoms with E-state index < -0.39 is 14.9 Å². The number of nitro groups is 1. The van der Waals surface area contributed by atoms with Gasteiger partial charge in [0.05, 0.1) is 10.4 Å². The molecular formula is C26H25N5O5S. The van der Waals surface area contributed by atoms with E-state index in [0.29, 0.717) is 18.2 Å². The average Bonchev–Trinajstić information content (AvgIpc) is 3.17. The van der Waals surface area contributed by atoms with Crippen molar-refractivity contribution in [3.8, 4) is 5.88 Å². The molecule has 0 saturated carbocycles. The van der Waals surface area contributed by atoms with Gasteiger partial charge in [0.15, 0.2) is 5.69 Å². The van der Waals surface area contributed by atoms with E-state index in [1.165, 1.54) is 22.0 Å². The Morgan fingerprint density at radius 2 is 1.65 bits per heavy atom. The van der Waals surface area contributed by atoms with Crippen LogP contribution in [0.3, 0.4) is 0 Å². The zero-order valence-corrected chi connectivity index (χ0v) is 20.9. The van der Waals surface area contributed by atoms with Gasteiger partial charge in [0.25, 0.3) is 5.69 Å². The van der Waals surface area contributed by atoms with Crippen LogP contribution in [0.5, 0.6) is 5.88 Å². The Labute approximate surface area is 213 Å². The van der Waals surface area contributed by atoms with E-state index in [0.717, 1.165) is 11.6 Å². The minimum Gasteiger partial charge on any atom is -0.493 e. The predicted octanol–water partition coefficient (Wildman–Crippen LogP) is 5.78. The number of hydrogen-bond donors (Lipinski definition) is 1. The van der Waals surface area contributed by atoms with E-state index in [2.05, 4.69) is 10.2 Å². The molecule has 0 atom stereocenters. The fourth-order valence-electron chi connectivity index (χ4n) is 4.76. The first-order valence-corrected chi connectivity index (χ1v) is 13.2. The third-order valence-corrected chi connectivity index (χ3v) is 8.73. The van der Waals surface area contributed by atoms with Crippen LogP contribution in [0.1, 0.15) is 24.3 Å². The molecule has 0 bridgehead atoms. The molecule has 1 N–H and O–H groups in total. The Kier molecular flexibility index (Phi) is 6.48. The lowest BCUT2D eigenvalue weighted by Crippen LogP contribution is -2.37. The summed E-state index contributed by atoms with van der Waals surface area (Å²) in [6.07, 6.45) is 1.28. The number of nitro benzene ring substituents is 1. The number of fused-ring (bicyclic) bond motifs is 1. The number of nitrogens with zero attached hydrogens (tertiary/aromatic N) is 5. The number of para-hydroxylation sites is 1. The first-order chi connectivity index (χ1) is 17.8. The van der Waals surface area contributed by atoms with E-state index in [9.17, 15) is 23.6 Å². The highest BCUT2D eigenvalue weighted by Gasteiger charge is 2.33. The lowest BCUT2D eigenvalue weighted by molar-refractivity contribution is -0.385. The van der Waals surface area contributed by atoms with Gasteiger partial charge >= 0.3 is 0 Å². The van der Waals surface area contributed by atoms with Crippen LogP contribution in [0.4, 0.5) is 17.1 Å². The number of sulfonamides is 1. The Morgan fingerprint density at radius 3 is 2.35 bits per heavy atom. The van der Waals surface area contributed by atoms with Crippen LogP contribution in [0.15, 0.2) is 87.9 Å². The van der Waals surface area contributed by atoms with Crippen LogP contribution in [0.25, 0.3) is 10.9 Å². The third-order valence-electron chi connectivity index (χ3n) is 6.80. The third kappa shape index (κ3) is 4.58. The highest BCUT2D eigenvalue weighted by atomic mass is 32.2. The summed E-state index contributed by atoms with van der Waals surface area (Å²) in [5.41, 5.74) is 1.68. The summed E-state index contributed by atoms with van der Waals surface area (Å²) in [4.78, 5) is 10.5. The summed E-state index contributed by atoms with van der Waals surface area (Å²) in [7, 11) is -2.42. The molecule has 190 valence electrons. The lowest BCUT2D eigenvalue weighted by Gasteiger charge is -2.31. The number of aromatic nitrogens is 1. The van der Waals surface area contributed by atoms with Crippen LogP contribution in [-0.4, -0.2) is 40.4 Å². The van der Waals surface area contributed by atoms with Crippen LogP contribution < -0.4 is 0 Å². The van der Waals surface area contributed by atoms with Crippen molar-refractivity contribution < 1.29 is 18.4 Å². The summed E-state index contributed by atoms with van der Waals surface area (Å²) in [5.74, 6) is 0.116. The van der Waals surface area contributed by atoms with Crippen LogP contribution in [0, 0.1) is 10.1 Å². The summed E-state index contributed by atoms with van der Waals surface area (Å²) >= 11 is 0. The minimum absolute atomic E-state index is 0.0388. The first-order valence-electron chi connectivity index (χ1n) is 11.8. The van der Waals surface area contributed by atoms with Crippen molar-refractivity contribution >= 4 is 38.0 Å². The molecule has 11 heteroatoms. The SMILES string of the molecule is Cn1c(O)c(N=Nc2ccc([N+](=O)[O-])cc2S(=O)(=O)N2CCC(c3ccccc3)CC2)c2ccccc21. The number of hydrogen-bond acceptors (Lipinski definition) is 7. The molecule has 4 aromatic rings. The summed E-state index contributed by atoms with van der Waals surface area (Å²) < 4.78 is 30.2. The van der Waals surface area contributed by atoms with Crippen LogP contribution >= 0.6 is 0 Å². The minimum atomic E-state index is -4.10. The quantitative estimate of drug-likeness (QED) is 0.196. The maximum atomic E-state index is 13.7. The largest absolute Gasteiger partial charge is 0.493 e. The summed E-state index contributed by atoms with van der Waals surface area (Å²) in [6, 6.07) is 20.6. The second-order valence-electron chi connectivity index (χ2n) is 8.95.